The normalized spacial score (nSPS) is 12.2. The van der Waals surface area contributed by atoms with Gasteiger partial charge in [-0.1, -0.05) is 0 Å². The second-order valence-corrected chi connectivity index (χ2v) is 4.38. The van der Waals surface area contributed by atoms with E-state index in [1.807, 2.05) is 25.2 Å². The summed E-state index contributed by atoms with van der Waals surface area (Å²) in [5.41, 5.74) is 7.87. The van der Waals surface area contributed by atoms with Gasteiger partial charge in [-0.15, -0.1) is 0 Å². The zero-order valence-electron chi connectivity index (χ0n) is 11.2. The number of anilines is 1. The third-order valence-corrected chi connectivity index (χ3v) is 3.10. The van der Waals surface area contributed by atoms with Gasteiger partial charge in [-0.05, 0) is 25.1 Å². The molecule has 6 heteroatoms. The predicted octanol–water partition coefficient (Wildman–Crippen LogP) is 1.11. The highest BCUT2D eigenvalue weighted by Gasteiger charge is 2.17. The van der Waals surface area contributed by atoms with Crippen LogP contribution in [0.5, 0.6) is 0 Å². The zero-order valence-corrected chi connectivity index (χ0v) is 11.2. The molecule has 0 spiro atoms. The van der Waals surface area contributed by atoms with E-state index >= 15 is 0 Å². The Kier molecular flexibility index (Phi) is 3.50. The maximum Gasteiger partial charge on any atom is 0.226 e. The van der Waals surface area contributed by atoms with Crippen LogP contribution in [0.25, 0.3) is 11.3 Å². The molecule has 0 saturated carbocycles. The largest absolute Gasteiger partial charge is 0.373 e. The molecule has 2 rings (SSSR count). The van der Waals surface area contributed by atoms with Crippen molar-refractivity contribution < 1.29 is 4.79 Å². The number of carbonyl (C=O) groups is 1. The average Bonchev–Trinajstić information content (AvgIpc) is 2.80. The van der Waals surface area contributed by atoms with Crippen molar-refractivity contribution in [1.29, 1.82) is 0 Å². The second-order valence-electron chi connectivity index (χ2n) is 4.38. The minimum atomic E-state index is -0.364. The molecule has 0 fully saturated rings. The Bertz CT molecular complexity index is 605. The average molecular weight is 259 g/mol. The van der Waals surface area contributed by atoms with Gasteiger partial charge in [0, 0.05) is 25.9 Å². The molecule has 3 N–H and O–H groups in total. The smallest absolute Gasteiger partial charge is 0.226 e. The summed E-state index contributed by atoms with van der Waals surface area (Å²) in [5, 5.41) is 7.39. The minimum absolute atomic E-state index is 0.361. The molecule has 1 unspecified atom stereocenters. The topological polar surface area (TPSA) is 85.8 Å². The van der Waals surface area contributed by atoms with Crippen molar-refractivity contribution in [1.82, 2.24) is 14.8 Å². The van der Waals surface area contributed by atoms with E-state index in [0.717, 1.165) is 22.8 Å². The lowest BCUT2D eigenvalue weighted by atomic mass is 10.1. The van der Waals surface area contributed by atoms with Crippen LogP contribution in [0.4, 0.5) is 5.82 Å². The van der Waals surface area contributed by atoms with Crippen molar-refractivity contribution in [3.63, 3.8) is 0 Å². The molecular formula is C13H17N5O. The van der Waals surface area contributed by atoms with Gasteiger partial charge in [0.2, 0.25) is 5.91 Å². The number of nitrogens with zero attached hydrogens (tertiary/aromatic N) is 3. The Hall–Kier alpha value is -2.37. The molecule has 2 aromatic heterocycles. The van der Waals surface area contributed by atoms with Crippen molar-refractivity contribution in [3.05, 3.63) is 30.1 Å². The van der Waals surface area contributed by atoms with E-state index in [9.17, 15) is 4.79 Å². The number of nitrogens with two attached hydrogens (primary N) is 1. The molecule has 2 aromatic rings. The number of pyridine rings is 1. The summed E-state index contributed by atoms with van der Waals surface area (Å²) in [5.74, 6) is 0.0460. The van der Waals surface area contributed by atoms with Crippen LogP contribution in [0.2, 0.25) is 0 Å². The Morgan fingerprint density at radius 1 is 1.47 bits per heavy atom. The van der Waals surface area contributed by atoms with Crippen LogP contribution in [-0.2, 0) is 11.8 Å². The number of rotatable bonds is 4. The lowest BCUT2D eigenvalue weighted by Gasteiger charge is -2.06. The lowest BCUT2D eigenvalue weighted by molar-refractivity contribution is -0.119. The molecule has 0 aromatic carbocycles. The number of primary amides is 1. The predicted molar refractivity (Wildman–Crippen MR) is 73.6 cm³/mol. The summed E-state index contributed by atoms with van der Waals surface area (Å²) in [7, 11) is 3.61. The van der Waals surface area contributed by atoms with Gasteiger partial charge >= 0.3 is 0 Å². The number of nitrogens with one attached hydrogen (secondary N) is 1. The van der Waals surface area contributed by atoms with Crippen molar-refractivity contribution in [2.75, 3.05) is 12.4 Å². The number of hydrogen-bond donors (Lipinski definition) is 2. The third kappa shape index (κ3) is 2.57. The Morgan fingerprint density at radius 3 is 2.84 bits per heavy atom. The van der Waals surface area contributed by atoms with E-state index in [1.165, 1.54) is 0 Å². The lowest BCUT2D eigenvalue weighted by Crippen LogP contribution is -2.20. The van der Waals surface area contributed by atoms with Crippen molar-refractivity contribution in [3.8, 4) is 11.3 Å². The molecule has 0 aliphatic carbocycles. The monoisotopic (exact) mass is 259 g/mol. The molecule has 0 radical (unpaired) electrons. The van der Waals surface area contributed by atoms with Crippen LogP contribution in [0, 0.1) is 0 Å². The van der Waals surface area contributed by atoms with E-state index in [1.54, 1.807) is 24.9 Å². The fraction of sp³-hybridized carbons (Fsp3) is 0.308. The first-order valence-corrected chi connectivity index (χ1v) is 6.00. The Balaban J connectivity index is 2.41. The fourth-order valence-electron chi connectivity index (χ4n) is 1.90. The van der Waals surface area contributed by atoms with Gasteiger partial charge in [0.1, 0.15) is 5.82 Å². The van der Waals surface area contributed by atoms with Gasteiger partial charge in [-0.2, -0.15) is 5.10 Å². The minimum Gasteiger partial charge on any atom is -0.373 e. The first-order chi connectivity index (χ1) is 9.02. The summed E-state index contributed by atoms with van der Waals surface area (Å²) in [6.07, 6.45) is 1.72. The summed E-state index contributed by atoms with van der Waals surface area (Å²) < 4.78 is 1.68. The van der Waals surface area contributed by atoms with Crippen LogP contribution in [-0.4, -0.2) is 27.7 Å². The molecule has 19 heavy (non-hydrogen) atoms. The van der Waals surface area contributed by atoms with Gasteiger partial charge in [-0.25, -0.2) is 4.98 Å². The van der Waals surface area contributed by atoms with Crippen molar-refractivity contribution >= 4 is 11.7 Å². The number of aryl methyl sites for hydroxylation is 1. The molecular weight excluding hydrogens is 242 g/mol. The highest BCUT2D eigenvalue weighted by molar-refractivity contribution is 5.81. The molecule has 0 aliphatic rings. The Morgan fingerprint density at radius 2 is 2.21 bits per heavy atom. The highest BCUT2D eigenvalue weighted by Crippen LogP contribution is 2.24. The van der Waals surface area contributed by atoms with E-state index in [4.69, 9.17) is 5.73 Å². The molecule has 2 heterocycles. The number of aromatic nitrogens is 3. The van der Waals surface area contributed by atoms with Gasteiger partial charge in [0.05, 0.1) is 17.3 Å². The summed E-state index contributed by atoms with van der Waals surface area (Å²) in [6.45, 7) is 1.77. The Labute approximate surface area is 111 Å². The second kappa shape index (κ2) is 5.09. The summed E-state index contributed by atoms with van der Waals surface area (Å²) in [4.78, 5) is 15.4. The summed E-state index contributed by atoms with van der Waals surface area (Å²) >= 11 is 0. The SMILES string of the molecule is CNc1cc(-c2cc(C(C)C(N)=O)n(C)n2)ccn1. The van der Waals surface area contributed by atoms with E-state index < -0.39 is 0 Å². The van der Waals surface area contributed by atoms with Crippen molar-refractivity contribution in [2.45, 2.75) is 12.8 Å². The van der Waals surface area contributed by atoms with Crippen molar-refractivity contribution in [2.24, 2.45) is 12.8 Å². The standard InChI is InChI=1S/C13H17N5O/c1-8(13(14)19)11-7-10(17-18(11)3)9-4-5-16-12(6-9)15-2/h4-8H,1-3H3,(H2,14,19)(H,15,16). The summed E-state index contributed by atoms with van der Waals surface area (Å²) in [6, 6.07) is 5.66. The van der Waals surface area contributed by atoms with Crippen LogP contribution in [0.15, 0.2) is 24.4 Å². The highest BCUT2D eigenvalue weighted by atomic mass is 16.1. The first-order valence-electron chi connectivity index (χ1n) is 6.00. The van der Waals surface area contributed by atoms with Crippen LogP contribution < -0.4 is 11.1 Å². The quantitative estimate of drug-likeness (QED) is 0.861. The van der Waals surface area contributed by atoms with Gasteiger partial charge in [0.25, 0.3) is 0 Å². The first kappa shape index (κ1) is 13.1. The van der Waals surface area contributed by atoms with E-state index in [0.29, 0.717) is 0 Å². The maximum absolute atomic E-state index is 11.3. The van der Waals surface area contributed by atoms with E-state index in [-0.39, 0.29) is 11.8 Å². The van der Waals surface area contributed by atoms with E-state index in [2.05, 4.69) is 15.4 Å². The molecule has 0 saturated heterocycles. The van der Waals surface area contributed by atoms with Gasteiger partial charge in [-0.3, -0.25) is 9.48 Å². The molecule has 1 atom stereocenters. The maximum atomic E-state index is 11.3. The molecule has 0 aliphatic heterocycles. The van der Waals surface area contributed by atoms with Crippen LogP contribution >= 0.6 is 0 Å². The molecule has 1 amide bonds. The fourth-order valence-corrected chi connectivity index (χ4v) is 1.90. The third-order valence-electron chi connectivity index (χ3n) is 3.10. The number of hydrogen-bond acceptors (Lipinski definition) is 4. The zero-order chi connectivity index (χ0) is 14.0. The van der Waals surface area contributed by atoms with Gasteiger partial charge < -0.3 is 11.1 Å². The molecule has 0 bridgehead atoms. The van der Waals surface area contributed by atoms with Gasteiger partial charge in [0.15, 0.2) is 0 Å². The van der Waals surface area contributed by atoms with Crippen LogP contribution in [0.1, 0.15) is 18.5 Å². The molecule has 100 valence electrons. The number of amides is 1. The van der Waals surface area contributed by atoms with Crippen LogP contribution in [0.3, 0.4) is 0 Å². The molecule has 6 nitrogen and oxygen atoms in total. The number of carbonyl (C=O) groups excluding carboxylic acids is 1.